The summed E-state index contributed by atoms with van der Waals surface area (Å²) < 4.78 is 10.9. The summed E-state index contributed by atoms with van der Waals surface area (Å²) in [6.07, 6.45) is 21.2. The van der Waals surface area contributed by atoms with E-state index in [1.165, 1.54) is 77.2 Å². The number of unbranched alkanes of at least 4 members (excludes halogenated alkanes) is 13. The molecular weight excluding hydrogens is 548 g/mol. The second-order valence-electron chi connectivity index (χ2n) is 13.4. The first-order valence-corrected chi connectivity index (χ1v) is 17.7. The van der Waals surface area contributed by atoms with Crippen molar-refractivity contribution < 1.29 is 39.8 Å². The average molecular weight is 613 g/mol. The second-order valence-corrected chi connectivity index (χ2v) is 13.4. The third kappa shape index (κ3) is 16.7. The molecule has 0 aromatic rings. The highest BCUT2D eigenvalue weighted by molar-refractivity contribution is 5.91. The minimum absolute atomic E-state index is 0.117. The summed E-state index contributed by atoms with van der Waals surface area (Å²) in [5.41, 5.74) is 0.322. The largest absolute Gasteiger partial charge is 0.426 e. The molecule has 2 aliphatic rings. The molecule has 0 aromatic carbocycles. The molecule has 2 rings (SSSR count). The Bertz CT molecular complexity index is 769. The van der Waals surface area contributed by atoms with Crippen LogP contribution in [0.1, 0.15) is 162 Å². The number of hydrogen-bond acceptors (Lipinski definition) is 8. The lowest BCUT2D eigenvalue weighted by molar-refractivity contribution is -0.173. The molecule has 0 aliphatic carbocycles. The zero-order chi connectivity index (χ0) is 31.5. The van der Waals surface area contributed by atoms with Gasteiger partial charge in [0.05, 0.1) is 36.6 Å². The first-order valence-electron chi connectivity index (χ1n) is 17.7. The zero-order valence-corrected chi connectivity index (χ0v) is 27.3. The molecule has 7 atom stereocenters. The van der Waals surface area contributed by atoms with Crippen molar-refractivity contribution in [2.75, 3.05) is 0 Å². The van der Waals surface area contributed by atoms with Gasteiger partial charge < -0.3 is 35.0 Å². The second kappa shape index (κ2) is 21.7. The molecule has 0 saturated carbocycles. The van der Waals surface area contributed by atoms with Gasteiger partial charge in [-0.25, -0.2) is 4.79 Å². The third-order valence-corrected chi connectivity index (χ3v) is 9.15. The van der Waals surface area contributed by atoms with E-state index in [-0.39, 0.29) is 18.6 Å². The molecule has 0 bridgehead atoms. The number of aliphatic hydroxyl groups excluding tert-OH is 4. The first kappa shape index (κ1) is 38.2. The average Bonchev–Trinajstić information content (AvgIpc) is 3.54. The molecule has 0 aromatic heterocycles. The van der Waals surface area contributed by atoms with Crippen LogP contribution in [0.5, 0.6) is 0 Å². The van der Waals surface area contributed by atoms with Crippen LogP contribution in [0.4, 0.5) is 0 Å². The molecule has 8 nitrogen and oxygen atoms in total. The van der Waals surface area contributed by atoms with E-state index in [1.54, 1.807) is 0 Å². The molecule has 0 amide bonds. The first-order chi connectivity index (χ1) is 20.6. The SMILES string of the molecule is CCCCCCCCCCCCCC[C@H](O)[C@@H](O)CC[C@H](O)[C@H]1CC[C@H](CCCCC[C@@H](O)CC2=CC(C)(O)OC2=O)O1. The van der Waals surface area contributed by atoms with Gasteiger partial charge in [-0.2, -0.15) is 0 Å². The number of hydrogen-bond donors (Lipinski definition) is 5. The van der Waals surface area contributed by atoms with Gasteiger partial charge in [0.15, 0.2) is 0 Å². The van der Waals surface area contributed by atoms with Crippen LogP contribution in [0.15, 0.2) is 11.6 Å². The third-order valence-electron chi connectivity index (χ3n) is 9.15. The van der Waals surface area contributed by atoms with E-state index in [1.807, 2.05) is 0 Å². The van der Waals surface area contributed by atoms with Crippen LogP contribution < -0.4 is 0 Å². The van der Waals surface area contributed by atoms with Crippen LogP contribution in [0.3, 0.4) is 0 Å². The Labute approximate surface area is 261 Å². The lowest BCUT2D eigenvalue weighted by atomic mass is 9.97. The van der Waals surface area contributed by atoms with Crippen molar-refractivity contribution in [3.05, 3.63) is 11.6 Å². The van der Waals surface area contributed by atoms with E-state index in [4.69, 9.17) is 9.47 Å². The topological polar surface area (TPSA) is 137 Å². The Morgan fingerprint density at radius 2 is 1.33 bits per heavy atom. The number of carbonyl (C=O) groups is 1. The van der Waals surface area contributed by atoms with Gasteiger partial charge >= 0.3 is 5.97 Å². The molecular formula is C35H64O8. The molecule has 0 radical (unpaired) electrons. The predicted molar refractivity (Wildman–Crippen MR) is 169 cm³/mol. The minimum Gasteiger partial charge on any atom is -0.426 e. The van der Waals surface area contributed by atoms with Crippen LogP contribution in [-0.2, 0) is 14.3 Å². The zero-order valence-electron chi connectivity index (χ0n) is 27.3. The summed E-state index contributed by atoms with van der Waals surface area (Å²) in [5.74, 6) is -2.15. The van der Waals surface area contributed by atoms with Crippen LogP contribution in [0.25, 0.3) is 0 Å². The van der Waals surface area contributed by atoms with Gasteiger partial charge in [-0.15, -0.1) is 0 Å². The molecule has 8 heteroatoms. The van der Waals surface area contributed by atoms with Crippen molar-refractivity contribution in [2.24, 2.45) is 0 Å². The van der Waals surface area contributed by atoms with Gasteiger partial charge in [0.25, 0.3) is 0 Å². The van der Waals surface area contributed by atoms with Crippen molar-refractivity contribution in [1.29, 1.82) is 0 Å². The fourth-order valence-electron chi connectivity index (χ4n) is 6.43. The number of esters is 1. The van der Waals surface area contributed by atoms with Gasteiger partial charge in [0.2, 0.25) is 5.79 Å². The lowest BCUT2D eigenvalue weighted by Crippen LogP contribution is -2.31. The summed E-state index contributed by atoms with van der Waals surface area (Å²) in [6, 6.07) is 0. The van der Waals surface area contributed by atoms with Gasteiger partial charge in [0, 0.05) is 18.9 Å². The number of ether oxygens (including phenoxy) is 2. The molecule has 252 valence electrons. The summed E-state index contributed by atoms with van der Waals surface area (Å²) in [4.78, 5) is 11.7. The van der Waals surface area contributed by atoms with E-state index in [9.17, 15) is 30.3 Å². The molecule has 43 heavy (non-hydrogen) atoms. The lowest BCUT2D eigenvalue weighted by Gasteiger charge is -2.22. The number of aliphatic hydroxyl groups is 5. The number of cyclic esters (lactones) is 1. The van der Waals surface area contributed by atoms with Crippen LogP contribution in [-0.4, -0.2) is 73.9 Å². The molecule has 1 saturated heterocycles. The van der Waals surface area contributed by atoms with Crippen molar-refractivity contribution in [1.82, 2.24) is 0 Å². The van der Waals surface area contributed by atoms with Gasteiger partial charge in [-0.1, -0.05) is 103 Å². The Morgan fingerprint density at radius 1 is 0.767 bits per heavy atom. The fourth-order valence-corrected chi connectivity index (χ4v) is 6.43. The maximum Gasteiger partial charge on any atom is 0.336 e. The van der Waals surface area contributed by atoms with Crippen LogP contribution in [0.2, 0.25) is 0 Å². The number of carbonyl (C=O) groups excluding carboxylic acids is 1. The normalized spacial score (nSPS) is 25.0. The van der Waals surface area contributed by atoms with Crippen molar-refractivity contribution in [3.8, 4) is 0 Å². The quantitative estimate of drug-likeness (QED) is 0.0561. The minimum atomic E-state index is -1.58. The Morgan fingerprint density at radius 3 is 1.93 bits per heavy atom. The summed E-state index contributed by atoms with van der Waals surface area (Å²) in [7, 11) is 0. The molecule has 1 unspecified atom stereocenters. The molecule has 0 spiro atoms. The van der Waals surface area contributed by atoms with Gasteiger partial charge in [-0.3, -0.25) is 0 Å². The van der Waals surface area contributed by atoms with E-state index >= 15 is 0 Å². The van der Waals surface area contributed by atoms with E-state index in [0.29, 0.717) is 31.3 Å². The van der Waals surface area contributed by atoms with E-state index in [2.05, 4.69) is 6.92 Å². The van der Waals surface area contributed by atoms with Crippen molar-refractivity contribution >= 4 is 5.97 Å². The molecule has 2 heterocycles. The highest BCUT2D eigenvalue weighted by Gasteiger charge is 2.34. The van der Waals surface area contributed by atoms with Crippen molar-refractivity contribution in [3.63, 3.8) is 0 Å². The summed E-state index contributed by atoms with van der Waals surface area (Å²) >= 11 is 0. The maximum absolute atomic E-state index is 11.7. The molecule has 5 N–H and O–H groups in total. The van der Waals surface area contributed by atoms with Gasteiger partial charge in [-0.05, 0) is 51.0 Å². The Balaban J connectivity index is 1.44. The number of rotatable bonds is 26. The molecule has 2 aliphatic heterocycles. The fraction of sp³-hybridized carbons (Fsp3) is 0.914. The maximum atomic E-state index is 11.7. The Kier molecular flexibility index (Phi) is 19.2. The van der Waals surface area contributed by atoms with E-state index in [0.717, 1.165) is 51.4 Å². The summed E-state index contributed by atoms with van der Waals surface area (Å²) in [5, 5.41) is 51.4. The van der Waals surface area contributed by atoms with Gasteiger partial charge in [0.1, 0.15) is 0 Å². The van der Waals surface area contributed by atoms with Crippen LogP contribution >= 0.6 is 0 Å². The smallest absolute Gasteiger partial charge is 0.336 e. The Hall–Kier alpha value is -1.03. The molecule has 1 fully saturated rings. The summed E-state index contributed by atoms with van der Waals surface area (Å²) in [6.45, 7) is 3.65. The highest BCUT2D eigenvalue weighted by atomic mass is 16.7. The van der Waals surface area contributed by atoms with Crippen molar-refractivity contribution in [2.45, 2.75) is 204 Å². The standard InChI is InChI=1S/C35H64O8/c1-3-4-5-6-7-8-9-10-11-12-13-17-20-30(37)31(38)22-23-32(39)33-24-21-29(42-33)19-16-14-15-18-28(36)25-27-26-35(2,41)43-34(27)40/h26,28-33,36-39,41H,3-25H2,1-2H3/t28-,29+,30+,31+,32+,33-,35?/m1/s1. The van der Waals surface area contributed by atoms with Crippen LogP contribution in [0, 0.1) is 0 Å². The highest BCUT2D eigenvalue weighted by Crippen LogP contribution is 2.29. The van der Waals surface area contributed by atoms with E-state index < -0.39 is 36.2 Å². The monoisotopic (exact) mass is 612 g/mol. The predicted octanol–water partition coefficient (Wildman–Crippen LogP) is 6.38.